The highest BCUT2D eigenvalue weighted by Crippen LogP contribution is 2.23. The fourth-order valence-corrected chi connectivity index (χ4v) is 3.62. The molecule has 0 unspecified atom stereocenters. The number of amides is 2. The van der Waals surface area contributed by atoms with Gasteiger partial charge >= 0.3 is 0 Å². The van der Waals surface area contributed by atoms with Crippen molar-refractivity contribution in [3.63, 3.8) is 0 Å². The smallest absolute Gasteiger partial charge is 0.276 e. The van der Waals surface area contributed by atoms with Crippen LogP contribution < -0.4 is 10.1 Å². The molecule has 1 fully saturated rings. The molecule has 2 heterocycles. The molecule has 1 atom stereocenters. The first-order valence-electron chi connectivity index (χ1n) is 10.1. The van der Waals surface area contributed by atoms with Crippen LogP contribution in [0.1, 0.15) is 60.0 Å². The standard InChI is InChI=1S/C22H29N3O4/c1-15-7-8-16(2)21(12-15)28-14-19-13-20(24-29-19)22(27)25-11-5-4-6-18(25)9-10-23-17(3)26/h7-8,12-13,18H,4-6,9-11,14H2,1-3H3,(H,23,26)/t18-/m1/s1. The Kier molecular flexibility index (Phi) is 6.90. The Bertz CT molecular complexity index is 861. The van der Waals surface area contributed by atoms with Gasteiger partial charge in [0.2, 0.25) is 5.91 Å². The zero-order valence-corrected chi connectivity index (χ0v) is 17.4. The van der Waals surface area contributed by atoms with Crippen LogP contribution in [0.3, 0.4) is 0 Å². The third-order valence-electron chi connectivity index (χ3n) is 5.23. The van der Waals surface area contributed by atoms with E-state index >= 15 is 0 Å². The van der Waals surface area contributed by atoms with Crippen molar-refractivity contribution in [2.24, 2.45) is 0 Å². The molecule has 1 aromatic carbocycles. The molecule has 1 saturated heterocycles. The predicted octanol–water partition coefficient (Wildman–Crippen LogP) is 3.39. The normalized spacial score (nSPS) is 16.5. The summed E-state index contributed by atoms with van der Waals surface area (Å²) in [6.45, 7) is 6.99. The zero-order chi connectivity index (χ0) is 20.8. The summed E-state index contributed by atoms with van der Waals surface area (Å²) in [4.78, 5) is 25.9. The highest BCUT2D eigenvalue weighted by molar-refractivity contribution is 5.92. The van der Waals surface area contributed by atoms with E-state index in [0.29, 0.717) is 24.5 Å². The van der Waals surface area contributed by atoms with Crippen molar-refractivity contribution in [2.45, 2.75) is 59.1 Å². The third kappa shape index (κ3) is 5.59. The Hall–Kier alpha value is -2.83. The lowest BCUT2D eigenvalue weighted by molar-refractivity contribution is -0.119. The fraction of sp³-hybridized carbons (Fsp3) is 0.500. The molecule has 0 spiro atoms. The van der Waals surface area contributed by atoms with Crippen LogP contribution in [0.4, 0.5) is 0 Å². The van der Waals surface area contributed by atoms with Gasteiger partial charge in [0.15, 0.2) is 11.5 Å². The molecule has 2 amide bonds. The van der Waals surface area contributed by atoms with Gasteiger partial charge in [-0.2, -0.15) is 0 Å². The Labute approximate surface area is 171 Å². The van der Waals surface area contributed by atoms with E-state index in [1.54, 1.807) is 6.07 Å². The van der Waals surface area contributed by atoms with Gasteiger partial charge in [0.05, 0.1) is 0 Å². The number of hydrogen-bond acceptors (Lipinski definition) is 5. The van der Waals surface area contributed by atoms with Crippen LogP contribution in [-0.4, -0.2) is 41.0 Å². The van der Waals surface area contributed by atoms with E-state index in [2.05, 4.69) is 10.5 Å². The first-order valence-corrected chi connectivity index (χ1v) is 10.1. The van der Waals surface area contributed by atoms with Crippen molar-refractivity contribution in [1.82, 2.24) is 15.4 Å². The number of hydrogen-bond donors (Lipinski definition) is 1. The minimum absolute atomic E-state index is 0.0522. The maximum Gasteiger partial charge on any atom is 0.276 e. The Morgan fingerprint density at radius 2 is 2.10 bits per heavy atom. The minimum atomic E-state index is -0.126. The number of carbonyl (C=O) groups excluding carboxylic acids is 2. The average Bonchev–Trinajstić information content (AvgIpc) is 3.17. The number of nitrogens with one attached hydrogen (secondary N) is 1. The summed E-state index contributed by atoms with van der Waals surface area (Å²) in [5.74, 6) is 1.13. The number of ether oxygens (including phenoxy) is 1. The number of carbonyl (C=O) groups is 2. The average molecular weight is 399 g/mol. The lowest BCUT2D eigenvalue weighted by Gasteiger charge is -2.35. The molecule has 7 heteroatoms. The molecule has 2 aromatic rings. The molecule has 0 aliphatic carbocycles. The molecular weight excluding hydrogens is 370 g/mol. The number of benzene rings is 1. The summed E-state index contributed by atoms with van der Waals surface area (Å²) in [5, 5.41) is 6.78. The summed E-state index contributed by atoms with van der Waals surface area (Å²) < 4.78 is 11.2. The van der Waals surface area contributed by atoms with E-state index < -0.39 is 0 Å². The van der Waals surface area contributed by atoms with Gasteiger partial charge in [-0.3, -0.25) is 9.59 Å². The highest BCUT2D eigenvalue weighted by Gasteiger charge is 2.29. The van der Waals surface area contributed by atoms with E-state index in [-0.39, 0.29) is 24.5 Å². The van der Waals surface area contributed by atoms with Gasteiger partial charge in [-0.05, 0) is 56.7 Å². The molecule has 29 heavy (non-hydrogen) atoms. The fourth-order valence-electron chi connectivity index (χ4n) is 3.62. The first-order chi connectivity index (χ1) is 13.9. The van der Waals surface area contributed by atoms with Crippen molar-refractivity contribution in [3.05, 3.63) is 46.8 Å². The van der Waals surface area contributed by atoms with Crippen LogP contribution in [0.5, 0.6) is 5.75 Å². The third-order valence-corrected chi connectivity index (χ3v) is 5.23. The summed E-state index contributed by atoms with van der Waals surface area (Å²) >= 11 is 0. The number of nitrogens with zero attached hydrogens (tertiary/aromatic N) is 2. The molecule has 0 radical (unpaired) electrons. The largest absolute Gasteiger partial charge is 0.485 e. The molecule has 1 aromatic heterocycles. The molecule has 3 rings (SSSR count). The second-order valence-corrected chi connectivity index (χ2v) is 7.66. The summed E-state index contributed by atoms with van der Waals surface area (Å²) in [6.07, 6.45) is 3.74. The Balaban J connectivity index is 1.61. The van der Waals surface area contributed by atoms with Gasteiger partial charge in [-0.25, -0.2) is 0 Å². The van der Waals surface area contributed by atoms with E-state index in [1.807, 2.05) is 36.9 Å². The molecule has 0 bridgehead atoms. The van der Waals surface area contributed by atoms with Gasteiger partial charge in [-0.1, -0.05) is 17.3 Å². The molecule has 156 valence electrons. The lowest BCUT2D eigenvalue weighted by Crippen LogP contribution is -2.45. The van der Waals surface area contributed by atoms with Crippen molar-refractivity contribution < 1.29 is 18.8 Å². The zero-order valence-electron chi connectivity index (χ0n) is 17.4. The van der Waals surface area contributed by atoms with E-state index in [9.17, 15) is 9.59 Å². The molecule has 7 nitrogen and oxygen atoms in total. The van der Waals surface area contributed by atoms with Gasteiger partial charge in [0.1, 0.15) is 12.4 Å². The second kappa shape index (κ2) is 9.58. The van der Waals surface area contributed by atoms with Crippen molar-refractivity contribution >= 4 is 11.8 Å². The van der Waals surface area contributed by atoms with Gasteiger partial charge < -0.3 is 19.5 Å². The number of rotatable bonds is 7. The SMILES string of the molecule is CC(=O)NCC[C@H]1CCCCN1C(=O)c1cc(COc2cc(C)ccc2C)on1. The quantitative estimate of drug-likeness (QED) is 0.771. The van der Waals surface area contributed by atoms with E-state index in [0.717, 1.165) is 42.6 Å². The van der Waals surface area contributed by atoms with Crippen LogP contribution in [-0.2, 0) is 11.4 Å². The number of aryl methyl sites for hydroxylation is 2. The second-order valence-electron chi connectivity index (χ2n) is 7.66. The molecule has 0 saturated carbocycles. The van der Waals surface area contributed by atoms with Crippen molar-refractivity contribution in [1.29, 1.82) is 0 Å². The molecular formula is C22H29N3O4. The molecule has 1 aliphatic rings. The number of likely N-dealkylation sites (tertiary alicyclic amines) is 1. The first kappa shape index (κ1) is 20.9. The highest BCUT2D eigenvalue weighted by atomic mass is 16.5. The van der Waals surface area contributed by atoms with Gasteiger partial charge in [-0.15, -0.1) is 0 Å². The summed E-state index contributed by atoms with van der Waals surface area (Å²) in [7, 11) is 0. The van der Waals surface area contributed by atoms with Crippen LogP contribution in [0.2, 0.25) is 0 Å². The van der Waals surface area contributed by atoms with Crippen LogP contribution in [0.25, 0.3) is 0 Å². The Morgan fingerprint density at radius 3 is 2.90 bits per heavy atom. The molecule has 1 N–H and O–H groups in total. The monoisotopic (exact) mass is 399 g/mol. The number of aromatic nitrogens is 1. The van der Waals surface area contributed by atoms with Crippen LogP contribution >= 0.6 is 0 Å². The van der Waals surface area contributed by atoms with Gasteiger partial charge in [0, 0.05) is 32.1 Å². The maximum atomic E-state index is 13.0. The summed E-state index contributed by atoms with van der Waals surface area (Å²) in [5.41, 5.74) is 2.46. The maximum absolute atomic E-state index is 13.0. The molecule has 1 aliphatic heterocycles. The predicted molar refractivity (Wildman–Crippen MR) is 109 cm³/mol. The van der Waals surface area contributed by atoms with Crippen LogP contribution in [0.15, 0.2) is 28.8 Å². The minimum Gasteiger partial charge on any atom is -0.485 e. The van der Waals surface area contributed by atoms with Crippen molar-refractivity contribution in [3.8, 4) is 5.75 Å². The topological polar surface area (TPSA) is 84.7 Å². The van der Waals surface area contributed by atoms with Crippen molar-refractivity contribution in [2.75, 3.05) is 13.1 Å². The van der Waals surface area contributed by atoms with E-state index in [4.69, 9.17) is 9.26 Å². The number of piperidine rings is 1. The van der Waals surface area contributed by atoms with E-state index in [1.165, 1.54) is 6.92 Å². The van der Waals surface area contributed by atoms with Gasteiger partial charge in [0.25, 0.3) is 5.91 Å². The lowest BCUT2D eigenvalue weighted by atomic mass is 9.98. The summed E-state index contributed by atoms with van der Waals surface area (Å²) in [6, 6.07) is 7.79. The van der Waals surface area contributed by atoms with Crippen LogP contribution in [0, 0.1) is 13.8 Å². The Morgan fingerprint density at radius 1 is 1.28 bits per heavy atom.